The van der Waals surface area contributed by atoms with Gasteiger partial charge in [0.2, 0.25) is 34.9 Å². The number of hydrogen-bond acceptors (Lipinski definition) is 34. The monoisotopic (exact) mass is 1790 g/mol. The maximum Gasteiger partial charge on any atom is 0.490 e. The standard InChI is InChI=1S/C15H18F3N4O13P3.C15H19F2N4O13P3.C14H18F2N5O12P3/c1-6(33-37(28,29)35-38(30,31)34-36(25,26)27)9-10(23)15(18,3-2-4-16)13(32-9)22-5-7(17)8-11(22)20-14(19)21-12(8)24;1-7(32-36(27,28)34-37(29,30)33-35(24,25)26)9-10(22)15(17,4-2-5-16)13(31-9)21-6-3-8-11(21)19-14(18)20-12(8)23;1-7(31-35(26,27)33-36(28,29)32-34(23,24)25)9-10(22)14(16,3-2-4-15)12(30-9)21-6-19-8-5-18-13(17)20-11(8)21/h5-6,9-10,13,23H,4H2,1H3,(H,28,29)(H,30,31)(H2,25,26,27)(H3,19,20,21,24);3,6-7,9-10,13,22H,5H2,1H3,(H,27,28)(H,29,30)(H2,24,25,26)(H3,18,19,20,23);5-7,9-10,12,22H,4H2,1H3,(H,26,27)(H,28,29)(H2,17,18,20)(H2,23,24,25)/t6-,9-,10+,13-,15?;7-,9-,10+,13-,15?;7-,9-,10+,12-,14?/m111/s1. The van der Waals surface area contributed by atoms with Crippen LogP contribution in [0.1, 0.15) is 39.5 Å². The van der Waals surface area contributed by atoms with Crippen LogP contribution < -0.4 is 28.3 Å². The van der Waals surface area contributed by atoms with E-state index in [-0.39, 0.29) is 34.1 Å². The van der Waals surface area contributed by atoms with Crippen LogP contribution in [-0.4, -0.2) is 215 Å². The third-order valence-electron chi connectivity index (χ3n) is 14.1. The molecule has 0 spiro atoms. The number of hydrogen-bond donors (Lipinski definition) is 20. The molecule has 0 radical (unpaired) electrons. The molecule has 111 heavy (non-hydrogen) atoms. The summed E-state index contributed by atoms with van der Waals surface area (Å²) in [5.74, 6) is 8.46. The topological polar surface area (TPSA) is 791 Å². The van der Waals surface area contributed by atoms with Gasteiger partial charge in [0.05, 0.1) is 36.2 Å². The Kier molecular flexibility index (Phi) is 28.3. The van der Waals surface area contributed by atoms with Gasteiger partial charge in [-0.25, -0.2) is 81.8 Å². The van der Waals surface area contributed by atoms with Crippen molar-refractivity contribution in [3.63, 3.8) is 0 Å². The third-order valence-corrected chi connectivity index (χ3v) is 25.9. The Labute approximate surface area is 609 Å². The van der Waals surface area contributed by atoms with Crippen molar-refractivity contribution in [1.82, 2.24) is 48.6 Å². The lowest BCUT2D eigenvalue weighted by molar-refractivity contribution is -0.0755. The van der Waals surface area contributed by atoms with E-state index in [2.05, 4.69) is 69.3 Å². The highest BCUT2D eigenvalue weighted by Gasteiger charge is 2.64. The van der Waals surface area contributed by atoms with Gasteiger partial charge in [-0.15, -0.1) is 0 Å². The highest BCUT2D eigenvalue weighted by molar-refractivity contribution is 7.68. The third kappa shape index (κ3) is 22.5. The highest BCUT2D eigenvalue weighted by atomic mass is 31.3. The Balaban J connectivity index is 0.000000231. The second-order valence-electron chi connectivity index (χ2n) is 22.0. The molecule has 3 fully saturated rings. The average Bonchev–Trinajstić information content (AvgIpc) is 1.60. The van der Waals surface area contributed by atoms with Crippen molar-refractivity contribution in [3.05, 3.63) is 57.5 Å². The van der Waals surface area contributed by atoms with Gasteiger partial charge in [0.15, 0.2) is 41.4 Å². The number of aromatic nitrogens is 10. The van der Waals surface area contributed by atoms with Gasteiger partial charge in [0.25, 0.3) is 11.1 Å². The molecule has 23 N–H and O–H groups in total. The minimum Gasteiger partial charge on any atom is -0.386 e. The molecule has 21 atom stereocenters. The average molecular weight is 1790 g/mol. The van der Waals surface area contributed by atoms with Gasteiger partial charge in [0.1, 0.15) is 67.6 Å². The highest BCUT2D eigenvalue weighted by Crippen LogP contribution is 2.70. The summed E-state index contributed by atoms with van der Waals surface area (Å²) < 4.78 is 258. The minimum absolute atomic E-state index is 0.0787. The first-order valence-electron chi connectivity index (χ1n) is 28.8. The summed E-state index contributed by atoms with van der Waals surface area (Å²) in [4.78, 5) is 156. The number of aliphatic hydroxyl groups is 3. The molecule has 0 aromatic carbocycles. The van der Waals surface area contributed by atoms with E-state index < -0.39 is 215 Å². The van der Waals surface area contributed by atoms with E-state index in [0.717, 1.165) is 42.4 Å². The molecule has 9 rings (SSSR count). The van der Waals surface area contributed by atoms with Crippen LogP contribution in [-0.2, 0) is 94.7 Å². The number of aromatic amines is 2. The molecule has 618 valence electrons. The number of fused-ring (bicyclic) bond motifs is 3. The van der Waals surface area contributed by atoms with E-state index in [0.29, 0.717) is 10.8 Å². The number of phosphoric acid groups is 9. The number of H-pyrrole nitrogens is 2. The van der Waals surface area contributed by atoms with Crippen molar-refractivity contribution in [2.75, 3.05) is 37.2 Å². The summed E-state index contributed by atoms with van der Waals surface area (Å²) in [5.41, 5.74) is 4.40. The van der Waals surface area contributed by atoms with Crippen molar-refractivity contribution in [3.8, 4) is 35.5 Å². The summed E-state index contributed by atoms with van der Waals surface area (Å²) >= 11 is 0. The number of ether oxygens (including phenoxy) is 3. The van der Waals surface area contributed by atoms with Crippen LogP contribution in [0.25, 0.3) is 33.2 Å². The second kappa shape index (κ2) is 34.0. The number of imidazole rings is 1. The van der Waals surface area contributed by atoms with E-state index in [1.54, 1.807) is 17.8 Å². The summed E-state index contributed by atoms with van der Waals surface area (Å²) in [6, 6.07) is 1.20. The van der Waals surface area contributed by atoms with Gasteiger partial charge in [-0.3, -0.25) is 42.3 Å². The fourth-order valence-corrected chi connectivity index (χ4v) is 19.8. The van der Waals surface area contributed by atoms with E-state index in [1.165, 1.54) is 12.3 Å². The van der Waals surface area contributed by atoms with E-state index in [1.807, 2.05) is 22.7 Å². The number of nitrogens with two attached hydrogens (primary N) is 3. The quantitative estimate of drug-likeness (QED) is 0.0218. The van der Waals surface area contributed by atoms with Gasteiger partial charge in [-0.05, 0) is 26.8 Å². The largest absolute Gasteiger partial charge is 0.490 e. The van der Waals surface area contributed by atoms with Gasteiger partial charge < -0.3 is 110 Å². The Morgan fingerprint density at radius 1 is 0.514 bits per heavy atom. The summed E-state index contributed by atoms with van der Waals surface area (Å²) in [6.07, 6.45) is -20.8. The van der Waals surface area contributed by atoms with Crippen LogP contribution in [0.2, 0.25) is 0 Å². The Morgan fingerprint density at radius 3 is 1.23 bits per heavy atom. The molecule has 9 unspecified atom stereocenters. The van der Waals surface area contributed by atoms with Crippen LogP contribution in [0.5, 0.6) is 0 Å². The van der Waals surface area contributed by atoms with E-state index >= 15 is 13.2 Å². The van der Waals surface area contributed by atoms with Crippen LogP contribution in [0, 0.1) is 41.3 Å². The molecule has 67 heteroatoms. The van der Waals surface area contributed by atoms with Crippen LogP contribution >= 0.6 is 70.4 Å². The summed E-state index contributed by atoms with van der Waals surface area (Å²) in [5, 5.41) is 31.2. The van der Waals surface area contributed by atoms with E-state index in [9.17, 15) is 113 Å². The molecule has 0 bridgehead atoms. The number of nitrogens with one attached hydrogen (secondary N) is 2. The number of nitrogens with zero attached hydrogens (tertiary/aromatic N) is 8. The smallest absolute Gasteiger partial charge is 0.386 e. The lowest BCUT2D eigenvalue weighted by Crippen LogP contribution is -2.44. The number of aliphatic hydroxyl groups excluding tert-OH is 3. The van der Waals surface area contributed by atoms with Gasteiger partial charge in [-0.2, -0.15) is 40.8 Å². The molecule has 6 aromatic rings. The van der Waals surface area contributed by atoms with E-state index in [4.69, 9.17) is 60.8 Å². The molecular weight excluding hydrogens is 1730 g/mol. The second-order valence-corrected chi connectivity index (χ2v) is 35.2. The fourth-order valence-electron chi connectivity index (χ4n) is 10.2. The number of anilines is 3. The first kappa shape index (κ1) is 92.1. The summed E-state index contributed by atoms with van der Waals surface area (Å²) in [6.45, 7) is -1.35. The van der Waals surface area contributed by atoms with Crippen molar-refractivity contribution in [2.45, 2.75) is 111 Å². The summed E-state index contributed by atoms with van der Waals surface area (Å²) in [7, 11) is -51.8. The van der Waals surface area contributed by atoms with Crippen LogP contribution in [0.15, 0.2) is 40.6 Å². The molecule has 3 aliphatic heterocycles. The van der Waals surface area contributed by atoms with Crippen molar-refractivity contribution in [1.29, 1.82) is 0 Å². The maximum atomic E-state index is 16.1. The van der Waals surface area contributed by atoms with Crippen molar-refractivity contribution < 1.29 is 200 Å². The molecule has 3 saturated heterocycles. The van der Waals surface area contributed by atoms with Crippen molar-refractivity contribution in [2.24, 2.45) is 0 Å². The molecular formula is C44H55F7N13O38P9. The Bertz CT molecular complexity index is 5310. The van der Waals surface area contributed by atoms with Crippen LogP contribution in [0.4, 0.5) is 48.6 Å². The first-order chi connectivity index (χ1) is 50.7. The maximum absolute atomic E-state index is 16.1. The predicted molar refractivity (Wildman–Crippen MR) is 345 cm³/mol. The van der Waals surface area contributed by atoms with Gasteiger partial charge in [0, 0.05) is 12.4 Å². The molecule has 0 saturated carbocycles. The lowest BCUT2D eigenvalue weighted by atomic mass is 9.94. The Hall–Kier alpha value is -6.03. The van der Waals surface area contributed by atoms with Gasteiger partial charge in [-0.1, -0.05) is 35.5 Å². The number of rotatable bonds is 24. The molecule has 3 aliphatic rings. The zero-order valence-electron chi connectivity index (χ0n) is 54.5. The van der Waals surface area contributed by atoms with Crippen LogP contribution in [0.3, 0.4) is 0 Å². The Morgan fingerprint density at radius 2 is 0.865 bits per heavy atom. The molecule has 6 aromatic heterocycles. The zero-order valence-corrected chi connectivity index (χ0v) is 62.6. The number of phosphoric ester groups is 3. The fraction of sp³-hybridized carbons (Fsp3) is 0.477. The number of halogens is 7. The zero-order chi connectivity index (χ0) is 83.9. The van der Waals surface area contributed by atoms with Crippen molar-refractivity contribution >= 4 is 121 Å². The predicted octanol–water partition coefficient (Wildman–Crippen LogP) is 0.175. The minimum atomic E-state index is -5.91. The molecule has 0 aliphatic carbocycles. The normalized spacial score (nSPS) is 28.3. The molecule has 9 heterocycles. The molecule has 51 nitrogen and oxygen atoms in total. The first-order valence-corrected chi connectivity index (χ1v) is 42.3. The number of nitrogen functional groups attached to an aromatic ring is 3. The lowest BCUT2D eigenvalue weighted by Gasteiger charge is -2.25. The number of alkyl halides is 6. The molecule has 0 amide bonds. The SMILES string of the molecule is C[C@@H](OP(=O)(O)OP(=O)(O)OP(=O)(O)O)[C@H]1O[C@@H](n2cc(F)c3c(=O)[nH]c(N)nc32)C(F)(C#CCF)[C@H]1O.C[C@@H](OP(=O)(O)OP(=O)(O)OP(=O)(O)O)[C@H]1O[C@@H](n2ccc3c(=O)[nH]c(N)nc32)C(F)(C#CCF)[C@H]1O.C[C@@H](OP(=O)(O)OP(=O)(O)OP(=O)(O)O)[C@H]1O[C@@H](n2cnc3cnc(N)nc32)C(F)(C#CCF)[C@H]1O. The van der Waals surface area contributed by atoms with Gasteiger partial charge >= 0.3 is 70.4 Å².